The number of carbonyl (C=O) groups excluding carboxylic acids is 2. The van der Waals surface area contributed by atoms with E-state index in [1.807, 2.05) is 30.3 Å². The van der Waals surface area contributed by atoms with Gasteiger partial charge in [0.1, 0.15) is 0 Å². The second-order valence-corrected chi connectivity index (χ2v) is 7.56. The standard InChI is InChI=1S/C23H21ClN2O2/c24-20-6-3-4-16(13-20)10-17-11-18-5-1-2-7-21(18)19(12-17)15-26-9-8-22(27)25-14-23(26)28/h1-7,11-13H,8-10,14-15H2,(H,25,27). The maximum Gasteiger partial charge on any atom is 0.242 e. The number of hydrogen-bond donors (Lipinski definition) is 1. The van der Waals surface area contributed by atoms with Crippen LogP contribution in [0.15, 0.2) is 60.7 Å². The third-order valence-electron chi connectivity index (χ3n) is 5.06. The van der Waals surface area contributed by atoms with Gasteiger partial charge in [-0.25, -0.2) is 0 Å². The fraction of sp³-hybridized carbons (Fsp3) is 0.217. The Kier molecular flexibility index (Phi) is 5.31. The van der Waals surface area contributed by atoms with Gasteiger partial charge in [-0.2, -0.15) is 0 Å². The number of fused-ring (bicyclic) bond motifs is 1. The van der Waals surface area contributed by atoms with E-state index >= 15 is 0 Å². The Bertz CT molecular complexity index is 1050. The number of hydrogen-bond acceptors (Lipinski definition) is 2. The molecule has 0 bridgehead atoms. The fourth-order valence-corrected chi connectivity index (χ4v) is 3.90. The molecule has 0 unspecified atom stereocenters. The predicted molar refractivity (Wildman–Crippen MR) is 111 cm³/mol. The molecule has 2 amide bonds. The summed E-state index contributed by atoms with van der Waals surface area (Å²) in [6.45, 7) is 1.01. The van der Waals surface area contributed by atoms with E-state index in [4.69, 9.17) is 11.6 Å². The number of nitrogens with zero attached hydrogens (tertiary/aromatic N) is 1. The van der Waals surface area contributed by atoms with Gasteiger partial charge in [-0.1, -0.05) is 60.1 Å². The zero-order valence-electron chi connectivity index (χ0n) is 15.5. The summed E-state index contributed by atoms with van der Waals surface area (Å²) in [4.78, 5) is 25.8. The minimum Gasteiger partial charge on any atom is -0.347 e. The van der Waals surface area contributed by atoms with Crippen molar-refractivity contribution < 1.29 is 9.59 Å². The topological polar surface area (TPSA) is 49.4 Å². The Morgan fingerprint density at radius 3 is 2.68 bits per heavy atom. The first-order valence-electron chi connectivity index (χ1n) is 9.38. The van der Waals surface area contributed by atoms with Crippen LogP contribution in [0.4, 0.5) is 0 Å². The zero-order valence-corrected chi connectivity index (χ0v) is 16.2. The monoisotopic (exact) mass is 392 g/mol. The molecule has 4 rings (SSSR count). The van der Waals surface area contributed by atoms with E-state index in [1.165, 1.54) is 5.56 Å². The Balaban J connectivity index is 1.68. The minimum absolute atomic E-state index is 0.0461. The van der Waals surface area contributed by atoms with Crippen molar-refractivity contribution in [1.29, 1.82) is 0 Å². The highest BCUT2D eigenvalue weighted by Gasteiger charge is 2.21. The lowest BCUT2D eigenvalue weighted by Crippen LogP contribution is -2.34. The Hall–Kier alpha value is -2.85. The molecule has 1 heterocycles. The zero-order chi connectivity index (χ0) is 19.5. The van der Waals surface area contributed by atoms with Crippen LogP contribution in [0, 0.1) is 0 Å². The van der Waals surface area contributed by atoms with E-state index in [0.29, 0.717) is 19.5 Å². The Morgan fingerprint density at radius 1 is 0.964 bits per heavy atom. The van der Waals surface area contributed by atoms with Crippen molar-refractivity contribution >= 4 is 34.2 Å². The first-order valence-corrected chi connectivity index (χ1v) is 9.76. The van der Waals surface area contributed by atoms with Crippen molar-refractivity contribution in [3.8, 4) is 0 Å². The van der Waals surface area contributed by atoms with E-state index < -0.39 is 0 Å². The van der Waals surface area contributed by atoms with Gasteiger partial charge in [0.05, 0.1) is 6.54 Å². The smallest absolute Gasteiger partial charge is 0.242 e. The summed E-state index contributed by atoms with van der Waals surface area (Å²) < 4.78 is 0. The molecule has 1 aliphatic heterocycles. The Morgan fingerprint density at radius 2 is 1.82 bits per heavy atom. The van der Waals surface area contributed by atoms with E-state index in [2.05, 4.69) is 35.6 Å². The summed E-state index contributed by atoms with van der Waals surface area (Å²) in [6.07, 6.45) is 1.11. The van der Waals surface area contributed by atoms with E-state index in [1.54, 1.807) is 4.90 Å². The normalized spacial score (nSPS) is 14.8. The second kappa shape index (κ2) is 8.03. The van der Waals surface area contributed by atoms with Crippen molar-refractivity contribution in [3.05, 3.63) is 82.4 Å². The van der Waals surface area contributed by atoms with Gasteiger partial charge in [-0.15, -0.1) is 0 Å². The van der Waals surface area contributed by atoms with Crippen molar-refractivity contribution in [3.63, 3.8) is 0 Å². The number of rotatable bonds is 4. The van der Waals surface area contributed by atoms with Crippen LogP contribution in [0.3, 0.4) is 0 Å². The molecule has 1 saturated heterocycles. The largest absolute Gasteiger partial charge is 0.347 e. The molecule has 5 heteroatoms. The molecule has 0 radical (unpaired) electrons. The van der Waals surface area contributed by atoms with Crippen molar-refractivity contribution in [2.75, 3.05) is 13.1 Å². The second-order valence-electron chi connectivity index (χ2n) is 7.12. The highest BCUT2D eigenvalue weighted by Crippen LogP contribution is 2.25. The van der Waals surface area contributed by atoms with Crippen LogP contribution in [0.1, 0.15) is 23.1 Å². The maximum atomic E-state index is 12.4. The van der Waals surface area contributed by atoms with Gasteiger partial charge in [-0.3, -0.25) is 9.59 Å². The molecule has 28 heavy (non-hydrogen) atoms. The lowest BCUT2D eigenvalue weighted by atomic mass is 9.96. The van der Waals surface area contributed by atoms with Crippen LogP contribution < -0.4 is 5.32 Å². The summed E-state index contributed by atoms with van der Waals surface area (Å²) in [5.74, 6) is -0.120. The summed E-state index contributed by atoms with van der Waals surface area (Å²) >= 11 is 6.13. The molecule has 0 aromatic heterocycles. The SMILES string of the molecule is O=C1CCN(Cc2cc(Cc3cccc(Cl)c3)cc3ccccc23)C(=O)CN1. The molecule has 0 spiro atoms. The molecule has 3 aromatic carbocycles. The van der Waals surface area contributed by atoms with Gasteiger partial charge in [0, 0.05) is 24.5 Å². The predicted octanol–water partition coefficient (Wildman–Crippen LogP) is 3.93. The van der Waals surface area contributed by atoms with Gasteiger partial charge < -0.3 is 10.2 Å². The molecule has 0 atom stereocenters. The molecular weight excluding hydrogens is 372 g/mol. The van der Waals surface area contributed by atoms with Crippen molar-refractivity contribution in [2.24, 2.45) is 0 Å². The highest BCUT2D eigenvalue weighted by molar-refractivity contribution is 6.30. The molecule has 0 saturated carbocycles. The third kappa shape index (κ3) is 4.18. The molecule has 3 aromatic rings. The fourth-order valence-electron chi connectivity index (χ4n) is 3.68. The van der Waals surface area contributed by atoms with Crippen LogP contribution in [0.25, 0.3) is 10.8 Å². The average molecular weight is 393 g/mol. The quantitative estimate of drug-likeness (QED) is 0.731. The number of nitrogens with one attached hydrogen (secondary N) is 1. The van der Waals surface area contributed by atoms with Crippen LogP contribution in [-0.2, 0) is 22.6 Å². The van der Waals surface area contributed by atoms with Gasteiger partial charge in [0.25, 0.3) is 0 Å². The summed E-state index contributed by atoms with van der Waals surface area (Å²) in [7, 11) is 0. The summed E-state index contributed by atoms with van der Waals surface area (Å²) in [6, 6.07) is 20.4. The summed E-state index contributed by atoms with van der Waals surface area (Å²) in [5.41, 5.74) is 3.42. The molecule has 4 nitrogen and oxygen atoms in total. The number of halogens is 1. The first kappa shape index (κ1) is 18.5. The number of benzene rings is 3. The maximum absolute atomic E-state index is 12.4. The highest BCUT2D eigenvalue weighted by atomic mass is 35.5. The Labute approximate surface area is 169 Å². The lowest BCUT2D eigenvalue weighted by Gasteiger charge is -2.21. The summed E-state index contributed by atoms with van der Waals surface area (Å²) in [5, 5.41) is 5.66. The third-order valence-corrected chi connectivity index (χ3v) is 5.30. The molecule has 142 valence electrons. The van der Waals surface area contributed by atoms with Crippen molar-refractivity contribution in [2.45, 2.75) is 19.4 Å². The first-order chi connectivity index (χ1) is 13.6. The van der Waals surface area contributed by atoms with Gasteiger partial charge in [-0.05, 0) is 46.0 Å². The van der Waals surface area contributed by atoms with Crippen LogP contribution in [0.5, 0.6) is 0 Å². The van der Waals surface area contributed by atoms with Gasteiger partial charge in [0.2, 0.25) is 11.8 Å². The van der Waals surface area contributed by atoms with Crippen LogP contribution >= 0.6 is 11.6 Å². The minimum atomic E-state index is -0.0737. The van der Waals surface area contributed by atoms with Gasteiger partial charge in [0.15, 0.2) is 0 Å². The number of amides is 2. The molecule has 0 aliphatic carbocycles. The van der Waals surface area contributed by atoms with Crippen LogP contribution in [-0.4, -0.2) is 29.8 Å². The molecule has 1 fully saturated rings. The molecule has 1 N–H and O–H groups in total. The molecular formula is C23H21ClN2O2. The van der Waals surface area contributed by atoms with Crippen molar-refractivity contribution in [1.82, 2.24) is 10.2 Å². The van der Waals surface area contributed by atoms with E-state index in [0.717, 1.165) is 33.3 Å². The van der Waals surface area contributed by atoms with Gasteiger partial charge >= 0.3 is 0 Å². The lowest BCUT2D eigenvalue weighted by molar-refractivity contribution is -0.130. The van der Waals surface area contributed by atoms with E-state index in [-0.39, 0.29) is 18.4 Å². The number of carbonyl (C=O) groups is 2. The van der Waals surface area contributed by atoms with Crippen LogP contribution in [0.2, 0.25) is 5.02 Å². The van der Waals surface area contributed by atoms with E-state index in [9.17, 15) is 9.59 Å². The average Bonchev–Trinajstić information content (AvgIpc) is 2.84. The molecule has 1 aliphatic rings.